The second-order valence-corrected chi connectivity index (χ2v) is 13.2. The summed E-state index contributed by atoms with van der Waals surface area (Å²) in [5.74, 6) is -2.60. The number of fused-ring (bicyclic) bond motifs is 1. The van der Waals surface area contributed by atoms with Crippen LogP contribution in [0.25, 0.3) is 28.4 Å². The van der Waals surface area contributed by atoms with Crippen molar-refractivity contribution in [3.05, 3.63) is 76.0 Å². The fourth-order valence-electron chi connectivity index (χ4n) is 6.44. The van der Waals surface area contributed by atoms with Gasteiger partial charge >= 0.3 is 5.97 Å². The maximum absolute atomic E-state index is 13.5. The van der Waals surface area contributed by atoms with E-state index in [9.17, 15) is 60.7 Å². The molecule has 1 unspecified atom stereocenters. The average Bonchev–Trinajstić information content (AvgIpc) is 3.19. The van der Waals surface area contributed by atoms with Crippen LogP contribution in [0.15, 0.2) is 63.8 Å². The maximum atomic E-state index is 13.5. The van der Waals surface area contributed by atoms with E-state index in [0.29, 0.717) is 11.1 Å². The summed E-state index contributed by atoms with van der Waals surface area (Å²) in [4.78, 5) is 26.2. The third kappa shape index (κ3) is 8.19. The number of ether oxygens (including phenoxy) is 6. The first-order chi connectivity index (χ1) is 27.2. The van der Waals surface area contributed by atoms with Crippen molar-refractivity contribution in [3.63, 3.8) is 0 Å². The lowest BCUT2D eigenvalue weighted by Crippen LogP contribution is -2.60. The van der Waals surface area contributed by atoms with Crippen LogP contribution in [0.3, 0.4) is 0 Å². The molecule has 1 aromatic heterocycles. The average molecular weight is 801 g/mol. The Balaban J connectivity index is 1.32. The van der Waals surface area contributed by atoms with Gasteiger partial charge < -0.3 is 83.9 Å². The minimum Gasteiger partial charge on any atom is -0.508 e. The molecule has 2 aliphatic rings. The highest BCUT2D eigenvalue weighted by molar-refractivity contribution is 5.89. The summed E-state index contributed by atoms with van der Waals surface area (Å²) in [5, 5.41) is 105. The molecular weight excluding hydrogens is 760 g/mol. The number of carbonyl (C=O) groups is 1. The van der Waals surface area contributed by atoms with Crippen LogP contribution in [0.2, 0.25) is 0 Å². The molecule has 10 atom stereocenters. The molecule has 306 valence electrons. The summed E-state index contributed by atoms with van der Waals surface area (Å²) >= 11 is 0. The zero-order valence-corrected chi connectivity index (χ0v) is 30.1. The number of hydrogen-bond acceptors (Lipinski definition) is 19. The van der Waals surface area contributed by atoms with Crippen molar-refractivity contribution in [1.82, 2.24) is 0 Å². The summed E-state index contributed by atoms with van der Waals surface area (Å²) < 4.78 is 38.7. The van der Waals surface area contributed by atoms with E-state index in [1.165, 1.54) is 56.7 Å². The number of methoxy groups -OCH3 is 2. The van der Waals surface area contributed by atoms with E-state index in [4.69, 9.17) is 32.8 Å². The van der Waals surface area contributed by atoms with Crippen LogP contribution >= 0.6 is 0 Å². The molecule has 0 bridgehead atoms. The molecule has 10 N–H and O–H groups in total. The minimum absolute atomic E-state index is 0.0226. The van der Waals surface area contributed by atoms with E-state index in [1.807, 2.05) is 0 Å². The molecule has 2 aliphatic heterocycles. The number of hydrogen-bond donors (Lipinski definition) is 10. The molecule has 3 aromatic carbocycles. The van der Waals surface area contributed by atoms with Crippen molar-refractivity contribution >= 4 is 23.0 Å². The van der Waals surface area contributed by atoms with Gasteiger partial charge in [0.2, 0.25) is 12.0 Å². The lowest BCUT2D eigenvalue weighted by Gasteiger charge is -2.42. The van der Waals surface area contributed by atoms with Crippen LogP contribution < -0.4 is 19.6 Å². The van der Waals surface area contributed by atoms with Crippen LogP contribution in [0.4, 0.5) is 0 Å². The molecule has 3 heterocycles. The summed E-state index contributed by atoms with van der Waals surface area (Å²) in [5.41, 5.74) is -0.945. The number of rotatable bonds is 11. The monoisotopic (exact) mass is 800 g/mol. The lowest BCUT2D eigenvalue weighted by atomic mass is 9.89. The zero-order valence-electron chi connectivity index (χ0n) is 30.1. The van der Waals surface area contributed by atoms with Crippen LogP contribution in [0, 0.1) is 0 Å². The first-order valence-electron chi connectivity index (χ1n) is 17.3. The van der Waals surface area contributed by atoms with Gasteiger partial charge in [0, 0.05) is 23.8 Å². The van der Waals surface area contributed by atoms with Gasteiger partial charge in [0.1, 0.15) is 95.5 Å². The molecule has 0 amide bonds. The number of phenolic OH excluding ortho intramolecular Hbond substituents is 3. The Morgan fingerprint density at radius 3 is 2.02 bits per heavy atom. The van der Waals surface area contributed by atoms with Gasteiger partial charge in [-0.2, -0.15) is 0 Å². The van der Waals surface area contributed by atoms with E-state index < -0.39 is 108 Å². The van der Waals surface area contributed by atoms with Crippen LogP contribution in [-0.2, 0) is 19.0 Å². The van der Waals surface area contributed by atoms with Crippen molar-refractivity contribution in [1.29, 1.82) is 0 Å². The summed E-state index contributed by atoms with van der Waals surface area (Å²) in [7, 11) is 2.64. The van der Waals surface area contributed by atoms with E-state index in [-0.39, 0.29) is 34.3 Å². The number of aromatic hydroxyl groups is 3. The topological polar surface area (TPSA) is 305 Å². The third-order valence-electron chi connectivity index (χ3n) is 9.54. The molecule has 2 fully saturated rings. The Morgan fingerprint density at radius 2 is 1.39 bits per heavy atom. The molecular formula is C38H40O19. The normalized spacial score (nSPS) is 27.7. The SMILES string of the molecule is COc1cc(/C=C/C(=O)OC[C@H]2O[C@@H](Oc3cc4oc(-c5ccc(O)cc5)cc(=O)c4c(O)c3C3O[C@H](CO)[C@@H](O)[C@H](O)[C@H]3O)[C@H](O)[C@@H](O)[C@@H]2O)cc(OC)c1O. The summed E-state index contributed by atoms with van der Waals surface area (Å²) in [6.45, 7) is -1.56. The first kappa shape index (κ1) is 41.2. The lowest BCUT2D eigenvalue weighted by molar-refractivity contribution is -0.279. The van der Waals surface area contributed by atoms with E-state index in [1.54, 1.807) is 0 Å². The molecule has 0 aliphatic carbocycles. The molecule has 19 heteroatoms. The number of esters is 1. The number of aliphatic hydroxyl groups is 7. The first-order valence-corrected chi connectivity index (χ1v) is 17.3. The Kier molecular flexibility index (Phi) is 12.2. The fourth-order valence-corrected chi connectivity index (χ4v) is 6.44. The number of carbonyl (C=O) groups excluding carboxylic acids is 1. The van der Waals surface area contributed by atoms with Crippen molar-refractivity contribution in [3.8, 4) is 45.8 Å². The predicted molar refractivity (Wildman–Crippen MR) is 192 cm³/mol. The van der Waals surface area contributed by atoms with Crippen LogP contribution in [0.5, 0.6) is 34.5 Å². The minimum atomic E-state index is -2.03. The second-order valence-electron chi connectivity index (χ2n) is 13.2. The highest BCUT2D eigenvalue weighted by Gasteiger charge is 2.49. The Labute approximate surface area is 321 Å². The molecule has 0 spiro atoms. The van der Waals surface area contributed by atoms with Gasteiger partial charge in [-0.3, -0.25) is 4.79 Å². The predicted octanol–water partition coefficient (Wildman–Crippen LogP) is -0.448. The van der Waals surface area contributed by atoms with E-state index >= 15 is 0 Å². The number of phenols is 3. The van der Waals surface area contributed by atoms with Gasteiger partial charge in [-0.05, 0) is 48.0 Å². The van der Waals surface area contributed by atoms with E-state index in [0.717, 1.165) is 18.2 Å². The summed E-state index contributed by atoms with van der Waals surface area (Å²) in [6.07, 6.45) is -16.1. The smallest absolute Gasteiger partial charge is 0.330 e. The van der Waals surface area contributed by atoms with Gasteiger partial charge in [0.25, 0.3) is 0 Å². The molecule has 57 heavy (non-hydrogen) atoms. The maximum Gasteiger partial charge on any atom is 0.330 e. The van der Waals surface area contributed by atoms with Crippen molar-refractivity contribution in [2.24, 2.45) is 0 Å². The van der Waals surface area contributed by atoms with Crippen molar-refractivity contribution < 1.29 is 88.7 Å². The molecule has 0 radical (unpaired) electrons. The van der Waals surface area contributed by atoms with Gasteiger partial charge in [-0.1, -0.05) is 0 Å². The zero-order chi connectivity index (χ0) is 41.3. The van der Waals surface area contributed by atoms with Crippen molar-refractivity contribution in [2.75, 3.05) is 27.4 Å². The third-order valence-corrected chi connectivity index (χ3v) is 9.54. The summed E-state index contributed by atoms with van der Waals surface area (Å²) in [6, 6.07) is 10.5. The van der Waals surface area contributed by atoms with Gasteiger partial charge in [-0.25, -0.2) is 4.79 Å². The molecule has 2 saturated heterocycles. The Hall–Kier alpha value is -5.48. The van der Waals surface area contributed by atoms with Gasteiger partial charge in [-0.15, -0.1) is 0 Å². The number of aliphatic hydroxyl groups excluding tert-OH is 7. The van der Waals surface area contributed by atoms with Crippen LogP contribution in [-0.4, -0.2) is 140 Å². The van der Waals surface area contributed by atoms with Crippen molar-refractivity contribution in [2.45, 2.75) is 61.2 Å². The highest BCUT2D eigenvalue weighted by atomic mass is 16.7. The van der Waals surface area contributed by atoms with E-state index in [2.05, 4.69) is 0 Å². The largest absolute Gasteiger partial charge is 0.508 e. The van der Waals surface area contributed by atoms with Crippen LogP contribution in [0.1, 0.15) is 17.2 Å². The van der Waals surface area contributed by atoms with Gasteiger partial charge in [0.05, 0.1) is 26.4 Å². The van der Waals surface area contributed by atoms with Gasteiger partial charge in [0.15, 0.2) is 16.9 Å². The molecule has 19 nitrogen and oxygen atoms in total. The Bertz CT molecular complexity index is 2140. The molecule has 6 rings (SSSR count). The molecule has 4 aromatic rings. The fraction of sp³-hybridized carbons (Fsp3) is 0.368. The Morgan fingerprint density at radius 1 is 0.754 bits per heavy atom. The quantitative estimate of drug-likeness (QED) is 0.0679. The highest BCUT2D eigenvalue weighted by Crippen LogP contribution is 2.46. The second kappa shape index (κ2) is 16.9. The standard InChI is InChI=1S/C38H40O19/c1-51-22-9-15(10-23(52-2)29(22)43)3-8-26(42)53-14-25-31(45)34(48)36(50)38(57-25)56-21-12-20-27(18(41)11-19(54-20)16-4-6-17(40)7-5-16)32(46)28(21)37-35(49)33(47)30(44)24(13-39)55-37/h3-12,24-25,30-31,33-40,43-50H,13-14H2,1-2H3/b8-3+/t24-,25-,30-,31-,33+,34+,35-,36-,37?,38-/m1/s1. The molecule has 0 saturated carbocycles. The number of benzene rings is 3.